The smallest absolute Gasteiger partial charge is 0.212 e. The molecule has 0 aliphatic rings. The fraction of sp³-hybridized carbons (Fsp3) is 1.00. The molecule has 0 aromatic rings. The molecule has 0 aromatic carbocycles. The van der Waals surface area contributed by atoms with E-state index in [1.807, 2.05) is 13.8 Å². The summed E-state index contributed by atoms with van der Waals surface area (Å²) in [6.45, 7) is 6.37. The Morgan fingerprint density at radius 3 is 1.14 bits per heavy atom. The van der Waals surface area contributed by atoms with Crippen molar-refractivity contribution in [1.29, 1.82) is 0 Å². The second-order valence-electron chi connectivity index (χ2n) is 1.47. The van der Waals surface area contributed by atoms with Crippen molar-refractivity contribution < 1.29 is 19.6 Å². The Balaban J connectivity index is -0.000000188. The van der Waals surface area contributed by atoms with Crippen LogP contribution in [0.2, 0.25) is 0 Å². The van der Waals surface area contributed by atoms with Crippen LogP contribution in [0.3, 0.4) is 0 Å². The highest BCUT2D eigenvalue weighted by atomic mass is 35.7. The molecule has 4 nitrogen and oxygen atoms in total. The molecule has 0 aliphatic carbocycles. The van der Waals surface area contributed by atoms with E-state index in [1.54, 1.807) is 0 Å². The zero-order valence-corrected chi connectivity index (χ0v) is 11.6. The lowest BCUT2D eigenvalue weighted by atomic mass is 11.0. The lowest BCUT2D eigenvalue weighted by Gasteiger charge is -1.77. The molecule has 0 aromatic heterocycles. The van der Waals surface area contributed by atoms with Crippen LogP contribution in [0.4, 0.5) is 0 Å². The predicted octanol–water partition coefficient (Wildman–Crippen LogP) is 2.18. The zero-order valence-electron chi connectivity index (χ0n) is 10.4. The molecule has 8 heteroatoms. The topological polar surface area (TPSA) is 68.3 Å². The normalized spacial score (nSPS) is 13.6. The van der Waals surface area contributed by atoms with E-state index in [9.17, 15) is 16.8 Å². The molecule has 0 N–H and O–H groups in total. The second-order valence-corrected chi connectivity index (χ2v) is 7.04. The maximum Gasteiger partial charge on any atom is 0.232 e. The summed E-state index contributed by atoms with van der Waals surface area (Å²) in [6, 6.07) is 0. The van der Waals surface area contributed by atoms with E-state index < -0.39 is 23.8 Å². The fourth-order valence-corrected chi connectivity index (χ4v) is 0. The molecule has 0 aliphatic heterocycles. The fourth-order valence-electron chi connectivity index (χ4n) is 0. The lowest BCUT2D eigenvalue weighted by molar-refractivity contribution is 0.609. The van der Waals surface area contributed by atoms with E-state index >= 15 is 0 Å². The first-order valence-corrected chi connectivity index (χ1v) is 8.46. The zero-order chi connectivity index (χ0) is 14.2. The monoisotopic (exact) mass is 288 g/mol. The van der Waals surface area contributed by atoms with Crippen LogP contribution in [-0.4, -0.2) is 28.3 Å². The van der Waals surface area contributed by atoms with Gasteiger partial charge in [0.25, 0.3) is 0 Å². The molecule has 0 bridgehead atoms. The van der Waals surface area contributed by atoms with Gasteiger partial charge in [0.15, 0.2) is 0 Å². The third-order valence-electron chi connectivity index (χ3n) is 0.589. The van der Waals surface area contributed by atoms with E-state index in [0.717, 1.165) is 6.92 Å². The predicted molar refractivity (Wildman–Crippen MR) is 62.0 cm³/mol. The number of halogens is 2. The molecular formula is C6H16Cl2O4S2. The van der Waals surface area contributed by atoms with Gasteiger partial charge in [-0.05, 0) is 0 Å². The van der Waals surface area contributed by atoms with E-state index in [0.29, 0.717) is 0 Å². The summed E-state index contributed by atoms with van der Waals surface area (Å²) in [5, 5.41) is 0. The van der Waals surface area contributed by atoms with Crippen molar-refractivity contribution in [1.82, 2.24) is 0 Å². The van der Waals surface area contributed by atoms with Gasteiger partial charge in [-0.1, -0.05) is 27.7 Å². The molecule has 0 spiro atoms. The molecule has 0 atom stereocenters. The van der Waals surface area contributed by atoms with Crippen LogP contribution in [0.15, 0.2) is 0 Å². The summed E-state index contributed by atoms with van der Waals surface area (Å²) < 4.78 is 52.7. The average Bonchev–Trinajstić information content (AvgIpc) is 2.04. The number of hydrogen-bond acceptors (Lipinski definition) is 4. The van der Waals surface area contributed by atoms with Crippen molar-refractivity contribution in [3.63, 3.8) is 0 Å². The van der Waals surface area contributed by atoms with Crippen molar-refractivity contribution >= 4 is 39.5 Å². The first kappa shape index (κ1) is 14.5. The van der Waals surface area contributed by atoms with Gasteiger partial charge >= 0.3 is 0 Å². The van der Waals surface area contributed by atoms with Gasteiger partial charge in [-0.15, -0.1) is 0 Å². The van der Waals surface area contributed by atoms with Gasteiger partial charge in [0.2, 0.25) is 18.1 Å². The van der Waals surface area contributed by atoms with Crippen LogP contribution in [0.1, 0.15) is 30.4 Å². The highest BCUT2D eigenvalue weighted by Crippen LogP contribution is 1.92. The van der Waals surface area contributed by atoms with Gasteiger partial charge in [0.1, 0.15) is 0 Å². The summed E-state index contributed by atoms with van der Waals surface area (Å²) in [5.41, 5.74) is -2.32. The van der Waals surface area contributed by atoms with Gasteiger partial charge < -0.3 is 0 Å². The molecule has 0 saturated carbocycles. The van der Waals surface area contributed by atoms with E-state index in [-0.39, 0.29) is 5.75 Å². The van der Waals surface area contributed by atoms with Gasteiger partial charge in [-0.3, -0.25) is 0 Å². The minimum atomic E-state index is -4.03. The Morgan fingerprint density at radius 2 is 1.14 bits per heavy atom. The van der Waals surface area contributed by atoms with Crippen LogP contribution < -0.4 is 0 Å². The standard InChI is InChI=1S/2C2H5ClO2S.C2H6/c2*1-2-6(3,4)5;1-2/h2*2H2,1H3;1-2H3/i2D2;;. The van der Waals surface area contributed by atoms with Crippen LogP contribution in [0, 0.1) is 0 Å². The van der Waals surface area contributed by atoms with E-state index in [2.05, 4.69) is 21.4 Å². The molecule has 0 radical (unpaired) electrons. The van der Waals surface area contributed by atoms with Crippen molar-refractivity contribution in [3.05, 3.63) is 0 Å². The van der Waals surface area contributed by atoms with Crippen LogP contribution in [0.5, 0.6) is 0 Å². The third-order valence-corrected chi connectivity index (χ3v) is 2.88. The summed E-state index contributed by atoms with van der Waals surface area (Å²) in [7, 11) is 2.07. The number of rotatable bonds is 2. The van der Waals surface area contributed by atoms with Crippen molar-refractivity contribution in [3.8, 4) is 0 Å². The molecular weight excluding hydrogens is 271 g/mol. The Kier molecular flexibility index (Phi) is 10.4. The van der Waals surface area contributed by atoms with Gasteiger partial charge in [-0.25, -0.2) is 16.8 Å². The van der Waals surface area contributed by atoms with Crippen molar-refractivity contribution in [2.75, 3.05) is 11.5 Å². The Morgan fingerprint density at radius 1 is 1.00 bits per heavy atom. The van der Waals surface area contributed by atoms with Crippen molar-refractivity contribution in [2.45, 2.75) is 27.7 Å². The second kappa shape index (κ2) is 10.0. The minimum Gasteiger partial charge on any atom is -0.212 e. The largest absolute Gasteiger partial charge is 0.232 e. The molecule has 0 heterocycles. The van der Waals surface area contributed by atoms with Gasteiger partial charge in [-0.2, -0.15) is 0 Å². The first-order chi connectivity index (χ1) is 6.81. The summed E-state index contributed by atoms with van der Waals surface area (Å²) in [6.07, 6.45) is 0. The molecule has 0 saturated heterocycles. The van der Waals surface area contributed by atoms with E-state index in [1.165, 1.54) is 6.92 Å². The van der Waals surface area contributed by atoms with Gasteiger partial charge in [0.05, 0.1) is 11.5 Å². The summed E-state index contributed by atoms with van der Waals surface area (Å²) in [4.78, 5) is 0. The SMILES string of the molecule is CC.CCS(=O)(=O)Cl.[2H]C([2H])(C)S(=O)(=O)Cl. The Bertz CT molecular complexity index is 358. The Hall–Kier alpha value is 0.480. The highest BCUT2D eigenvalue weighted by molar-refractivity contribution is 8.14. The van der Waals surface area contributed by atoms with Crippen LogP contribution in [-0.2, 0) is 18.1 Å². The van der Waals surface area contributed by atoms with E-state index in [4.69, 9.17) is 2.74 Å². The molecule has 0 amide bonds. The van der Waals surface area contributed by atoms with Crippen LogP contribution >= 0.6 is 21.4 Å². The molecule has 0 unspecified atom stereocenters. The first-order valence-electron chi connectivity index (χ1n) is 4.68. The average molecular weight is 289 g/mol. The third kappa shape index (κ3) is 39.2. The van der Waals surface area contributed by atoms with Crippen molar-refractivity contribution in [2.24, 2.45) is 0 Å². The molecule has 0 fully saturated rings. The molecule has 14 heavy (non-hydrogen) atoms. The summed E-state index contributed by atoms with van der Waals surface area (Å²) in [5.74, 6) is 0.00849. The Labute approximate surface area is 98.3 Å². The lowest BCUT2D eigenvalue weighted by Crippen LogP contribution is -1.88. The maximum atomic E-state index is 10.0. The quantitative estimate of drug-likeness (QED) is 0.731. The summed E-state index contributed by atoms with van der Waals surface area (Å²) >= 11 is 0. The molecule has 90 valence electrons. The van der Waals surface area contributed by atoms with Crippen LogP contribution in [0.25, 0.3) is 0 Å². The number of hydrogen-bond donors (Lipinski definition) is 0. The maximum absolute atomic E-state index is 10.0. The highest BCUT2D eigenvalue weighted by Gasteiger charge is 1.95. The minimum absolute atomic E-state index is 0.00849. The molecule has 0 rings (SSSR count). The van der Waals surface area contributed by atoms with Gasteiger partial charge in [0, 0.05) is 24.1 Å².